The highest BCUT2D eigenvalue weighted by molar-refractivity contribution is 6.39. The number of aromatic nitrogens is 1. The van der Waals surface area contributed by atoms with Crippen molar-refractivity contribution in [1.29, 1.82) is 0 Å². The number of pyridine rings is 1. The topological polar surface area (TPSA) is 24.9 Å². The van der Waals surface area contributed by atoms with Crippen LogP contribution in [0.15, 0.2) is 54.7 Å². The molecule has 0 spiro atoms. The van der Waals surface area contributed by atoms with Gasteiger partial charge in [0.1, 0.15) is 13.7 Å². The third kappa shape index (κ3) is 2.42. The third-order valence-corrected chi connectivity index (χ3v) is 3.35. The van der Waals surface area contributed by atoms with Crippen molar-refractivity contribution in [2.45, 2.75) is 0 Å². The summed E-state index contributed by atoms with van der Waals surface area (Å²) in [5, 5.41) is 6.40. The van der Waals surface area contributed by atoms with Gasteiger partial charge in [0.25, 0.3) is 0 Å². The monoisotopic (exact) mass is 266 g/mol. The molecule has 2 nitrogen and oxygen atoms in total. The summed E-state index contributed by atoms with van der Waals surface area (Å²) in [4.78, 5) is 4.48. The lowest BCUT2D eigenvalue weighted by atomic mass is 9.92. The lowest BCUT2D eigenvalue weighted by molar-refractivity contribution is 1.35. The van der Waals surface area contributed by atoms with Crippen molar-refractivity contribution >= 4 is 47.2 Å². The van der Waals surface area contributed by atoms with Crippen LogP contribution in [0, 0.1) is 0 Å². The maximum atomic E-state index is 5.89. The van der Waals surface area contributed by atoms with Gasteiger partial charge in [-0.15, -0.1) is 0 Å². The summed E-state index contributed by atoms with van der Waals surface area (Å²) in [6.07, 6.45) is 1.89. The number of benzene rings is 2. The van der Waals surface area contributed by atoms with E-state index in [-0.39, 0.29) is 0 Å². The second-order valence-electron chi connectivity index (χ2n) is 4.47. The van der Waals surface area contributed by atoms with E-state index in [0.29, 0.717) is 0 Å². The molecule has 0 aliphatic carbocycles. The zero-order chi connectivity index (χ0) is 13.2. The second-order valence-corrected chi connectivity index (χ2v) is 4.90. The lowest BCUT2D eigenvalue weighted by Crippen LogP contribution is -2.07. The fraction of sp³-hybridized carbons (Fsp3) is 0. The summed E-state index contributed by atoms with van der Waals surface area (Å²) in [7, 11) is 2.07. The van der Waals surface area contributed by atoms with Gasteiger partial charge in [-0.25, -0.2) is 4.98 Å². The molecule has 3 rings (SSSR count). The number of halogens is 1. The van der Waals surface area contributed by atoms with Gasteiger partial charge in [0.2, 0.25) is 0 Å². The van der Waals surface area contributed by atoms with Crippen LogP contribution in [0.1, 0.15) is 0 Å². The van der Waals surface area contributed by atoms with Crippen molar-refractivity contribution in [3.05, 3.63) is 59.8 Å². The van der Waals surface area contributed by atoms with Gasteiger partial charge < -0.3 is 5.32 Å². The first-order valence-electron chi connectivity index (χ1n) is 6.11. The van der Waals surface area contributed by atoms with Crippen LogP contribution in [0.3, 0.4) is 0 Å². The smallest absolute Gasteiger partial charge is 0.142 e. The van der Waals surface area contributed by atoms with Gasteiger partial charge >= 0.3 is 0 Å². The van der Waals surface area contributed by atoms with Crippen molar-refractivity contribution in [2.75, 3.05) is 5.32 Å². The molecule has 2 aromatic carbocycles. The molecule has 4 heteroatoms. The number of anilines is 2. The predicted octanol–water partition coefficient (Wildman–Crippen LogP) is 2.89. The second kappa shape index (κ2) is 4.94. The number of hydrogen-bond donors (Lipinski definition) is 1. The van der Waals surface area contributed by atoms with Crippen molar-refractivity contribution < 1.29 is 0 Å². The molecule has 0 radical (unpaired) electrons. The van der Waals surface area contributed by atoms with Crippen LogP contribution in [0.25, 0.3) is 10.8 Å². The summed E-state index contributed by atoms with van der Waals surface area (Å²) >= 11 is 5.89. The van der Waals surface area contributed by atoms with Gasteiger partial charge in [0.15, 0.2) is 0 Å². The molecule has 0 amide bonds. The SMILES string of the molecule is Bc1cnc(Nc2ccc(Cl)cc2)c2ccccc12. The number of nitrogens with zero attached hydrogens (tertiary/aromatic N) is 1. The quantitative estimate of drug-likeness (QED) is 0.722. The Kier molecular flexibility index (Phi) is 3.14. The maximum Gasteiger partial charge on any atom is 0.142 e. The van der Waals surface area contributed by atoms with Gasteiger partial charge in [-0.05, 0) is 29.7 Å². The molecule has 1 heterocycles. The van der Waals surface area contributed by atoms with Gasteiger partial charge in [-0.3, -0.25) is 0 Å². The van der Waals surface area contributed by atoms with Gasteiger partial charge in [-0.2, -0.15) is 0 Å². The summed E-state index contributed by atoms with van der Waals surface area (Å²) in [6, 6.07) is 15.9. The highest BCUT2D eigenvalue weighted by Crippen LogP contribution is 2.23. The first kappa shape index (κ1) is 12.1. The van der Waals surface area contributed by atoms with Gasteiger partial charge in [-0.1, -0.05) is 41.3 Å². The van der Waals surface area contributed by atoms with Crippen LogP contribution < -0.4 is 10.8 Å². The molecule has 0 saturated carbocycles. The summed E-state index contributed by atoms with van der Waals surface area (Å²) in [5.41, 5.74) is 2.16. The van der Waals surface area contributed by atoms with E-state index < -0.39 is 0 Å². The molecule has 0 bridgehead atoms. The van der Waals surface area contributed by atoms with Crippen LogP contribution >= 0.6 is 11.6 Å². The van der Waals surface area contributed by atoms with E-state index in [1.54, 1.807) is 0 Å². The van der Waals surface area contributed by atoms with Crippen LogP contribution in [0.5, 0.6) is 0 Å². The molecule has 3 aromatic rings. The molecule has 0 atom stereocenters. The standard InChI is InChI=1S/C15H12BClN2/c16-14-9-18-15(13-4-2-1-3-12(13)14)19-11-7-5-10(17)6-8-11/h1-9H,16H2,(H,18,19). The summed E-state index contributed by atoms with van der Waals surface area (Å²) in [5.74, 6) is 0.864. The largest absolute Gasteiger partial charge is 0.340 e. The first-order valence-corrected chi connectivity index (χ1v) is 6.49. The van der Waals surface area contributed by atoms with E-state index in [0.717, 1.165) is 21.9 Å². The Morgan fingerprint density at radius 1 is 0.947 bits per heavy atom. The Bertz CT molecular complexity index is 726. The predicted molar refractivity (Wildman–Crippen MR) is 84.7 cm³/mol. The zero-order valence-corrected chi connectivity index (χ0v) is 11.3. The van der Waals surface area contributed by atoms with E-state index in [1.165, 1.54) is 10.8 Å². The molecular formula is C15H12BClN2. The Morgan fingerprint density at radius 2 is 1.63 bits per heavy atom. The summed E-state index contributed by atoms with van der Waals surface area (Å²) in [6.45, 7) is 0. The average molecular weight is 267 g/mol. The minimum Gasteiger partial charge on any atom is -0.340 e. The van der Waals surface area contributed by atoms with E-state index >= 15 is 0 Å². The molecular weight excluding hydrogens is 254 g/mol. The normalized spacial score (nSPS) is 10.6. The number of rotatable bonds is 2. The van der Waals surface area contributed by atoms with Crippen molar-refractivity contribution in [3.63, 3.8) is 0 Å². The Morgan fingerprint density at radius 3 is 2.37 bits per heavy atom. The minimum absolute atomic E-state index is 0.729. The first-order chi connectivity index (χ1) is 9.24. The van der Waals surface area contributed by atoms with E-state index in [9.17, 15) is 0 Å². The molecule has 0 unspecified atom stereocenters. The number of fused-ring (bicyclic) bond motifs is 1. The molecule has 0 aliphatic rings. The average Bonchev–Trinajstić information content (AvgIpc) is 2.45. The number of nitrogens with one attached hydrogen (secondary N) is 1. The van der Waals surface area contributed by atoms with Crippen LogP contribution in [-0.4, -0.2) is 12.8 Å². The third-order valence-electron chi connectivity index (χ3n) is 3.10. The number of hydrogen-bond acceptors (Lipinski definition) is 2. The van der Waals surface area contributed by atoms with Crippen molar-refractivity contribution in [1.82, 2.24) is 4.98 Å². The minimum atomic E-state index is 0.729. The maximum absolute atomic E-state index is 5.89. The van der Waals surface area contributed by atoms with Crippen LogP contribution in [-0.2, 0) is 0 Å². The Balaban J connectivity index is 2.06. The summed E-state index contributed by atoms with van der Waals surface area (Å²) < 4.78 is 0. The fourth-order valence-corrected chi connectivity index (χ4v) is 2.23. The molecule has 92 valence electrons. The molecule has 19 heavy (non-hydrogen) atoms. The molecule has 0 fully saturated rings. The Labute approximate surface area is 117 Å². The molecule has 0 aliphatic heterocycles. The van der Waals surface area contributed by atoms with E-state index in [2.05, 4.69) is 30.3 Å². The van der Waals surface area contributed by atoms with Crippen molar-refractivity contribution in [3.8, 4) is 0 Å². The lowest BCUT2D eigenvalue weighted by Gasteiger charge is -2.10. The zero-order valence-electron chi connectivity index (χ0n) is 10.5. The van der Waals surface area contributed by atoms with E-state index in [1.807, 2.05) is 42.6 Å². The fourth-order valence-electron chi connectivity index (χ4n) is 2.10. The van der Waals surface area contributed by atoms with Gasteiger partial charge in [0.05, 0.1) is 0 Å². The highest BCUT2D eigenvalue weighted by atomic mass is 35.5. The van der Waals surface area contributed by atoms with Crippen molar-refractivity contribution in [2.24, 2.45) is 0 Å². The Hall–Kier alpha value is -2.00. The highest BCUT2D eigenvalue weighted by Gasteiger charge is 2.04. The molecule has 1 N–H and O–H groups in total. The van der Waals surface area contributed by atoms with Gasteiger partial charge in [0, 0.05) is 22.3 Å². The van der Waals surface area contributed by atoms with Crippen LogP contribution in [0.2, 0.25) is 5.02 Å². The van der Waals surface area contributed by atoms with E-state index in [4.69, 9.17) is 11.6 Å². The molecule has 0 saturated heterocycles. The van der Waals surface area contributed by atoms with Crippen LogP contribution in [0.4, 0.5) is 11.5 Å². The molecule has 1 aromatic heterocycles.